The molecule has 1 heterocycles. The molecule has 4 nitrogen and oxygen atoms in total. The monoisotopic (exact) mass is 223 g/mol. The molecule has 0 aromatic carbocycles. The minimum absolute atomic E-state index is 0.0190. The van der Waals surface area contributed by atoms with Gasteiger partial charge in [0.25, 0.3) is 0 Å². The molecule has 0 bridgehead atoms. The number of imidazole rings is 1. The molecule has 90 valence electrons. The highest BCUT2D eigenvalue weighted by atomic mass is 16.3. The fourth-order valence-electron chi connectivity index (χ4n) is 1.88. The van der Waals surface area contributed by atoms with Gasteiger partial charge in [0, 0.05) is 12.2 Å². The van der Waals surface area contributed by atoms with Gasteiger partial charge >= 0.3 is 0 Å². The second-order valence-electron chi connectivity index (χ2n) is 4.99. The van der Waals surface area contributed by atoms with E-state index < -0.39 is 0 Å². The molecule has 1 aliphatic rings. The molecule has 0 amide bonds. The van der Waals surface area contributed by atoms with E-state index in [9.17, 15) is 5.11 Å². The Balaban J connectivity index is 2.03. The maximum absolute atomic E-state index is 9.43. The topological polar surface area (TPSA) is 50.1 Å². The summed E-state index contributed by atoms with van der Waals surface area (Å²) in [6.45, 7) is 5.38. The van der Waals surface area contributed by atoms with Crippen LogP contribution in [-0.4, -0.2) is 27.8 Å². The van der Waals surface area contributed by atoms with Crippen LogP contribution in [-0.2, 0) is 0 Å². The van der Waals surface area contributed by atoms with Gasteiger partial charge in [0.15, 0.2) is 0 Å². The Bertz CT molecular complexity index is 331. The van der Waals surface area contributed by atoms with Crippen molar-refractivity contribution in [2.45, 2.75) is 38.8 Å². The predicted molar refractivity (Wildman–Crippen MR) is 63.2 cm³/mol. The van der Waals surface area contributed by atoms with E-state index in [1.807, 2.05) is 12.5 Å². The summed E-state index contributed by atoms with van der Waals surface area (Å²) in [5, 5.41) is 12.8. The first kappa shape index (κ1) is 11.6. The van der Waals surface area contributed by atoms with Gasteiger partial charge in [-0.3, -0.25) is 0 Å². The van der Waals surface area contributed by atoms with E-state index >= 15 is 0 Å². The third-order valence-electron chi connectivity index (χ3n) is 2.95. The van der Waals surface area contributed by atoms with Crippen molar-refractivity contribution in [2.75, 3.05) is 13.2 Å². The average molecular weight is 223 g/mol. The summed E-state index contributed by atoms with van der Waals surface area (Å²) in [7, 11) is 0. The number of nitrogens with one attached hydrogen (secondary N) is 1. The van der Waals surface area contributed by atoms with Gasteiger partial charge in [-0.2, -0.15) is 0 Å². The lowest BCUT2D eigenvalue weighted by atomic mass is 10.1. The summed E-state index contributed by atoms with van der Waals surface area (Å²) in [5.41, 5.74) is 1.12. The lowest BCUT2D eigenvalue weighted by molar-refractivity contribution is 0.235. The van der Waals surface area contributed by atoms with Gasteiger partial charge in [-0.25, -0.2) is 4.98 Å². The van der Waals surface area contributed by atoms with Crippen LogP contribution in [0.1, 0.15) is 44.5 Å². The van der Waals surface area contributed by atoms with Crippen LogP contribution in [0.15, 0.2) is 12.5 Å². The number of hydrogen-bond donors (Lipinski definition) is 2. The Hall–Kier alpha value is -0.870. The third-order valence-corrected chi connectivity index (χ3v) is 2.95. The van der Waals surface area contributed by atoms with Crippen molar-refractivity contribution in [2.24, 2.45) is 5.92 Å². The van der Waals surface area contributed by atoms with E-state index in [0.29, 0.717) is 12.0 Å². The number of hydrogen-bond acceptors (Lipinski definition) is 3. The molecule has 16 heavy (non-hydrogen) atoms. The van der Waals surface area contributed by atoms with Crippen molar-refractivity contribution < 1.29 is 5.11 Å². The minimum atomic E-state index is 0.0190. The molecule has 1 fully saturated rings. The normalized spacial score (nSPS) is 18.0. The van der Waals surface area contributed by atoms with Crippen LogP contribution in [0.25, 0.3) is 0 Å². The molecule has 4 heteroatoms. The SMILES string of the molecule is CC(C)CNC(CO)c1cncn1C1CC1. The van der Waals surface area contributed by atoms with Gasteiger partial charge in [-0.15, -0.1) is 0 Å². The Morgan fingerprint density at radius 1 is 1.56 bits per heavy atom. The lowest BCUT2D eigenvalue weighted by Crippen LogP contribution is -2.29. The van der Waals surface area contributed by atoms with Crippen LogP contribution in [0.2, 0.25) is 0 Å². The van der Waals surface area contributed by atoms with Gasteiger partial charge in [0.1, 0.15) is 0 Å². The first-order chi connectivity index (χ1) is 7.72. The molecule has 0 radical (unpaired) electrons. The van der Waals surface area contributed by atoms with Crippen LogP contribution in [0.4, 0.5) is 0 Å². The Labute approximate surface area is 96.7 Å². The van der Waals surface area contributed by atoms with Crippen LogP contribution in [0.3, 0.4) is 0 Å². The number of nitrogens with zero attached hydrogens (tertiary/aromatic N) is 2. The molecule has 1 aliphatic carbocycles. The molecule has 0 spiro atoms. The number of aliphatic hydroxyl groups excluding tert-OH is 1. The van der Waals surface area contributed by atoms with E-state index in [-0.39, 0.29) is 12.6 Å². The minimum Gasteiger partial charge on any atom is -0.394 e. The van der Waals surface area contributed by atoms with Crippen molar-refractivity contribution in [1.82, 2.24) is 14.9 Å². The fourth-order valence-corrected chi connectivity index (χ4v) is 1.88. The van der Waals surface area contributed by atoms with Crippen molar-refractivity contribution in [3.63, 3.8) is 0 Å². The Morgan fingerprint density at radius 3 is 2.88 bits per heavy atom. The number of rotatable bonds is 6. The zero-order chi connectivity index (χ0) is 11.5. The first-order valence-electron chi connectivity index (χ1n) is 6.08. The standard InChI is InChI=1S/C12H21N3O/c1-9(2)5-14-11(7-16)12-6-13-8-15(12)10-3-4-10/h6,8-11,14,16H,3-5,7H2,1-2H3. The summed E-state index contributed by atoms with van der Waals surface area (Å²) < 4.78 is 2.20. The van der Waals surface area contributed by atoms with E-state index in [1.54, 1.807) is 0 Å². The maximum Gasteiger partial charge on any atom is 0.0951 e. The number of aliphatic hydroxyl groups is 1. The molecule has 1 aromatic heterocycles. The molecule has 0 saturated heterocycles. The molecule has 1 atom stereocenters. The summed E-state index contributed by atoms with van der Waals surface area (Å²) in [6, 6.07) is 0.637. The summed E-state index contributed by atoms with van der Waals surface area (Å²) >= 11 is 0. The Morgan fingerprint density at radius 2 is 2.31 bits per heavy atom. The molecule has 0 aliphatic heterocycles. The van der Waals surface area contributed by atoms with Gasteiger partial charge in [-0.1, -0.05) is 13.8 Å². The lowest BCUT2D eigenvalue weighted by Gasteiger charge is -2.19. The predicted octanol–water partition coefficient (Wildman–Crippen LogP) is 1.50. The van der Waals surface area contributed by atoms with Crippen molar-refractivity contribution in [1.29, 1.82) is 0 Å². The van der Waals surface area contributed by atoms with E-state index in [2.05, 4.69) is 28.7 Å². The van der Waals surface area contributed by atoms with Crippen LogP contribution >= 0.6 is 0 Å². The molecular weight excluding hydrogens is 202 g/mol. The third kappa shape index (κ3) is 2.62. The van der Waals surface area contributed by atoms with E-state index in [0.717, 1.165) is 12.2 Å². The van der Waals surface area contributed by atoms with Crippen molar-refractivity contribution in [3.8, 4) is 0 Å². The van der Waals surface area contributed by atoms with Gasteiger partial charge < -0.3 is 15.0 Å². The van der Waals surface area contributed by atoms with E-state index in [1.165, 1.54) is 12.8 Å². The highest BCUT2D eigenvalue weighted by molar-refractivity contribution is 5.09. The Kier molecular flexibility index (Phi) is 3.61. The van der Waals surface area contributed by atoms with Gasteiger partial charge in [-0.05, 0) is 25.3 Å². The van der Waals surface area contributed by atoms with Crippen LogP contribution in [0.5, 0.6) is 0 Å². The molecule has 1 aromatic rings. The summed E-state index contributed by atoms with van der Waals surface area (Å²) in [6.07, 6.45) is 6.23. The first-order valence-corrected chi connectivity index (χ1v) is 6.08. The van der Waals surface area contributed by atoms with Crippen molar-refractivity contribution in [3.05, 3.63) is 18.2 Å². The maximum atomic E-state index is 9.43. The fraction of sp³-hybridized carbons (Fsp3) is 0.750. The summed E-state index contributed by atoms with van der Waals surface area (Å²) in [5.74, 6) is 0.589. The molecule has 1 unspecified atom stereocenters. The second kappa shape index (κ2) is 4.97. The second-order valence-corrected chi connectivity index (χ2v) is 4.99. The molecule has 2 N–H and O–H groups in total. The highest BCUT2D eigenvalue weighted by Gasteiger charge is 2.27. The van der Waals surface area contributed by atoms with Gasteiger partial charge in [0.2, 0.25) is 0 Å². The quantitative estimate of drug-likeness (QED) is 0.768. The van der Waals surface area contributed by atoms with Gasteiger partial charge in [0.05, 0.1) is 24.7 Å². The smallest absolute Gasteiger partial charge is 0.0951 e. The average Bonchev–Trinajstić information content (AvgIpc) is 2.99. The molecular formula is C12H21N3O. The number of aromatic nitrogens is 2. The summed E-state index contributed by atoms with van der Waals surface area (Å²) in [4.78, 5) is 4.19. The largest absolute Gasteiger partial charge is 0.394 e. The van der Waals surface area contributed by atoms with Crippen LogP contribution in [0, 0.1) is 5.92 Å². The molecule has 1 saturated carbocycles. The zero-order valence-electron chi connectivity index (χ0n) is 10.1. The van der Waals surface area contributed by atoms with Crippen molar-refractivity contribution >= 4 is 0 Å². The zero-order valence-corrected chi connectivity index (χ0v) is 10.1. The van der Waals surface area contributed by atoms with Crippen LogP contribution < -0.4 is 5.32 Å². The highest BCUT2D eigenvalue weighted by Crippen LogP contribution is 2.36. The van der Waals surface area contributed by atoms with E-state index in [4.69, 9.17) is 0 Å². The molecule has 2 rings (SSSR count).